The van der Waals surface area contributed by atoms with Gasteiger partial charge in [-0.15, -0.1) is 11.6 Å². The highest BCUT2D eigenvalue weighted by Gasteiger charge is 2.10. The molecule has 0 aliphatic heterocycles. The smallest absolute Gasteiger partial charge is 0.161 e. The molecule has 0 N–H and O–H groups in total. The number of hydrogen-bond acceptors (Lipinski definition) is 3. The summed E-state index contributed by atoms with van der Waals surface area (Å²) in [4.78, 5) is 4.67. The lowest BCUT2D eigenvalue weighted by Crippen LogP contribution is -2.00. The van der Waals surface area contributed by atoms with Crippen LogP contribution in [0.15, 0.2) is 42.7 Å². The van der Waals surface area contributed by atoms with Crippen LogP contribution in [-0.2, 0) is 0 Å². The number of hydrogen-bond donors (Lipinski definition) is 0. The number of aryl methyl sites for hydroxylation is 1. The van der Waals surface area contributed by atoms with Crippen molar-refractivity contribution in [3.8, 4) is 22.8 Å². The molecule has 5 heteroatoms. The van der Waals surface area contributed by atoms with E-state index in [9.17, 15) is 0 Å². The van der Waals surface area contributed by atoms with Gasteiger partial charge < -0.3 is 13.9 Å². The zero-order chi connectivity index (χ0) is 16.2. The Morgan fingerprint density at radius 2 is 2.04 bits per heavy atom. The molecule has 0 amide bonds. The minimum absolute atomic E-state index is 0.576. The Morgan fingerprint density at radius 1 is 1.17 bits per heavy atom. The molecule has 0 radical (unpaired) electrons. The molecule has 3 rings (SSSR count). The van der Waals surface area contributed by atoms with Crippen LogP contribution in [-0.4, -0.2) is 29.0 Å². The lowest BCUT2D eigenvalue weighted by Gasteiger charge is -2.11. The van der Waals surface area contributed by atoms with Crippen molar-refractivity contribution in [2.45, 2.75) is 13.3 Å². The van der Waals surface area contributed by atoms with Gasteiger partial charge in [-0.05, 0) is 49.2 Å². The average molecular weight is 331 g/mol. The summed E-state index contributed by atoms with van der Waals surface area (Å²) in [5, 5.41) is 0. The van der Waals surface area contributed by atoms with E-state index in [0.717, 1.165) is 29.1 Å². The third-order valence-electron chi connectivity index (χ3n) is 3.61. The Balaban J connectivity index is 1.92. The number of pyridine rings is 1. The molecule has 0 saturated carbocycles. The van der Waals surface area contributed by atoms with E-state index in [1.165, 1.54) is 5.56 Å². The fourth-order valence-electron chi connectivity index (χ4n) is 2.41. The van der Waals surface area contributed by atoms with Gasteiger partial charge in [0.15, 0.2) is 11.5 Å². The molecule has 3 aromatic rings. The number of aromatic nitrogens is 2. The normalized spacial score (nSPS) is 10.9. The summed E-state index contributed by atoms with van der Waals surface area (Å²) >= 11 is 5.67. The average Bonchev–Trinajstić information content (AvgIpc) is 2.98. The van der Waals surface area contributed by atoms with Gasteiger partial charge in [-0.1, -0.05) is 0 Å². The molecule has 0 aliphatic rings. The van der Waals surface area contributed by atoms with Crippen LogP contribution in [0, 0.1) is 6.92 Å². The maximum absolute atomic E-state index is 5.70. The first kappa shape index (κ1) is 15.7. The molecular weight excluding hydrogens is 312 g/mol. The highest BCUT2D eigenvalue weighted by molar-refractivity contribution is 6.17. The van der Waals surface area contributed by atoms with E-state index in [1.54, 1.807) is 7.11 Å². The highest BCUT2D eigenvalue weighted by Crippen LogP contribution is 2.32. The van der Waals surface area contributed by atoms with Gasteiger partial charge in [0.25, 0.3) is 0 Å². The third kappa shape index (κ3) is 3.42. The molecule has 0 aliphatic carbocycles. The molecule has 4 nitrogen and oxygen atoms in total. The van der Waals surface area contributed by atoms with Gasteiger partial charge in [-0.25, -0.2) is 4.98 Å². The van der Waals surface area contributed by atoms with Gasteiger partial charge in [-0.2, -0.15) is 0 Å². The van der Waals surface area contributed by atoms with Crippen molar-refractivity contribution in [3.63, 3.8) is 0 Å². The van der Waals surface area contributed by atoms with E-state index in [4.69, 9.17) is 21.1 Å². The van der Waals surface area contributed by atoms with Gasteiger partial charge in [0.05, 0.1) is 19.4 Å². The van der Waals surface area contributed by atoms with Crippen LogP contribution in [0.5, 0.6) is 11.5 Å². The third-order valence-corrected chi connectivity index (χ3v) is 3.88. The first-order valence-electron chi connectivity index (χ1n) is 7.54. The fraction of sp³-hybridized carbons (Fsp3) is 0.278. The van der Waals surface area contributed by atoms with Gasteiger partial charge in [0.2, 0.25) is 0 Å². The topological polar surface area (TPSA) is 35.8 Å². The van der Waals surface area contributed by atoms with Crippen LogP contribution in [0.25, 0.3) is 16.9 Å². The minimum atomic E-state index is 0.576. The second-order valence-corrected chi connectivity index (χ2v) is 5.73. The van der Waals surface area contributed by atoms with Gasteiger partial charge in [0.1, 0.15) is 5.65 Å². The van der Waals surface area contributed by atoms with Gasteiger partial charge in [0, 0.05) is 23.8 Å². The predicted molar refractivity (Wildman–Crippen MR) is 92.7 cm³/mol. The molecule has 120 valence electrons. The summed E-state index contributed by atoms with van der Waals surface area (Å²) in [6.07, 6.45) is 4.83. The number of rotatable bonds is 6. The van der Waals surface area contributed by atoms with E-state index in [0.29, 0.717) is 18.2 Å². The quantitative estimate of drug-likeness (QED) is 0.498. The Morgan fingerprint density at radius 3 is 2.83 bits per heavy atom. The zero-order valence-corrected chi connectivity index (χ0v) is 14.0. The largest absolute Gasteiger partial charge is 0.493 e. The van der Waals surface area contributed by atoms with Gasteiger partial charge >= 0.3 is 0 Å². The summed E-state index contributed by atoms with van der Waals surface area (Å²) in [6, 6.07) is 9.98. The highest BCUT2D eigenvalue weighted by atomic mass is 35.5. The second-order valence-electron chi connectivity index (χ2n) is 5.35. The number of benzene rings is 1. The van der Waals surface area contributed by atoms with Crippen molar-refractivity contribution >= 4 is 17.2 Å². The molecule has 0 bridgehead atoms. The van der Waals surface area contributed by atoms with Crippen LogP contribution in [0.4, 0.5) is 0 Å². The van der Waals surface area contributed by atoms with Crippen molar-refractivity contribution in [2.24, 2.45) is 0 Å². The second kappa shape index (κ2) is 6.92. The first-order valence-corrected chi connectivity index (χ1v) is 8.07. The number of ether oxygens (including phenoxy) is 2. The SMILES string of the molecule is COc1cc(-c2cn3ccc(C)cc3n2)ccc1OCCCCl. The van der Waals surface area contributed by atoms with Crippen LogP contribution in [0.2, 0.25) is 0 Å². The Hall–Kier alpha value is -2.20. The van der Waals surface area contributed by atoms with E-state index < -0.39 is 0 Å². The molecular formula is C18H19ClN2O2. The van der Waals surface area contributed by atoms with Crippen molar-refractivity contribution < 1.29 is 9.47 Å². The van der Waals surface area contributed by atoms with Crippen LogP contribution >= 0.6 is 11.6 Å². The zero-order valence-electron chi connectivity index (χ0n) is 13.3. The lowest BCUT2D eigenvalue weighted by molar-refractivity contribution is 0.295. The molecule has 0 spiro atoms. The lowest BCUT2D eigenvalue weighted by atomic mass is 10.1. The molecule has 2 aromatic heterocycles. The Kier molecular flexibility index (Phi) is 4.72. The van der Waals surface area contributed by atoms with Crippen molar-refractivity contribution in [1.29, 1.82) is 0 Å². The Bertz CT molecular complexity index is 814. The number of alkyl halides is 1. The molecule has 0 saturated heterocycles. The monoisotopic (exact) mass is 330 g/mol. The minimum Gasteiger partial charge on any atom is -0.493 e. The molecule has 2 heterocycles. The summed E-state index contributed by atoms with van der Waals surface area (Å²) in [5.74, 6) is 2.01. The standard InChI is InChI=1S/C18H19ClN2O2/c1-13-6-8-21-12-15(20-18(21)10-13)14-4-5-16(17(11-14)22-2)23-9-3-7-19/h4-6,8,10-12H,3,7,9H2,1-2H3. The number of halogens is 1. The van der Waals surface area contributed by atoms with Crippen molar-refractivity contribution in [3.05, 3.63) is 48.3 Å². The Labute approximate surface area is 140 Å². The molecule has 0 fully saturated rings. The van der Waals surface area contributed by atoms with Crippen molar-refractivity contribution in [1.82, 2.24) is 9.38 Å². The summed E-state index contributed by atoms with van der Waals surface area (Å²) in [7, 11) is 1.64. The van der Waals surface area contributed by atoms with E-state index in [2.05, 4.69) is 24.0 Å². The summed E-state index contributed by atoms with van der Waals surface area (Å²) < 4.78 is 13.2. The first-order chi connectivity index (χ1) is 11.2. The summed E-state index contributed by atoms with van der Waals surface area (Å²) in [6.45, 7) is 2.64. The van der Waals surface area contributed by atoms with Crippen LogP contribution in [0.3, 0.4) is 0 Å². The number of methoxy groups -OCH3 is 1. The van der Waals surface area contributed by atoms with E-state index >= 15 is 0 Å². The maximum Gasteiger partial charge on any atom is 0.161 e. The van der Waals surface area contributed by atoms with Crippen LogP contribution in [0.1, 0.15) is 12.0 Å². The molecule has 1 aromatic carbocycles. The fourth-order valence-corrected chi connectivity index (χ4v) is 2.51. The summed E-state index contributed by atoms with van der Waals surface area (Å²) in [5.41, 5.74) is 4.02. The predicted octanol–water partition coefficient (Wildman–Crippen LogP) is 4.33. The van der Waals surface area contributed by atoms with Crippen molar-refractivity contribution in [2.75, 3.05) is 19.6 Å². The molecule has 23 heavy (non-hydrogen) atoms. The van der Waals surface area contributed by atoms with E-state index in [1.807, 2.05) is 35.0 Å². The van der Waals surface area contributed by atoms with E-state index in [-0.39, 0.29) is 0 Å². The maximum atomic E-state index is 5.70. The van der Waals surface area contributed by atoms with Crippen LogP contribution < -0.4 is 9.47 Å². The number of fused-ring (bicyclic) bond motifs is 1. The molecule has 0 atom stereocenters. The number of imidazole rings is 1. The van der Waals surface area contributed by atoms with Gasteiger partial charge in [-0.3, -0.25) is 0 Å². The number of nitrogens with zero attached hydrogens (tertiary/aromatic N) is 2. The molecule has 0 unspecified atom stereocenters.